The second-order valence-corrected chi connectivity index (χ2v) is 4.64. The smallest absolute Gasteiger partial charge is 0.0112 e. The van der Waals surface area contributed by atoms with E-state index >= 15 is 0 Å². The second-order valence-electron chi connectivity index (χ2n) is 4.64. The normalized spacial score (nSPS) is 13.8. The van der Waals surface area contributed by atoms with Crippen molar-refractivity contribution in [3.63, 3.8) is 0 Å². The predicted octanol–water partition coefficient (Wildman–Crippen LogP) is 2.84. The molecule has 0 heterocycles. The molecule has 0 aliphatic rings. The van der Waals surface area contributed by atoms with Crippen molar-refractivity contribution in [3.8, 4) is 0 Å². The number of hydrogen-bond donors (Lipinski definition) is 0. The van der Waals surface area contributed by atoms with Gasteiger partial charge in [-0.1, -0.05) is 33.6 Å². The summed E-state index contributed by atoms with van der Waals surface area (Å²) in [4.78, 5) is 4.91. The third kappa shape index (κ3) is 6.91. The van der Waals surface area contributed by atoms with Crippen LogP contribution in [0.25, 0.3) is 0 Å². The number of likely N-dealkylation sites (N-methyl/N-ethyl adjacent to an activating group) is 2. The lowest BCUT2D eigenvalue weighted by molar-refractivity contribution is 0.171. The average Bonchev–Trinajstić information content (AvgIpc) is 2.22. The first-order valence-corrected chi connectivity index (χ1v) is 6.54. The highest BCUT2D eigenvalue weighted by Gasteiger charge is 2.14. The Labute approximate surface area is 96.6 Å². The Hall–Kier alpha value is -0.0800. The SMILES string of the molecule is CCCCC(CC)N(CC)CCN(C)C. The Kier molecular flexibility index (Phi) is 9.12. The maximum atomic E-state index is 2.63. The van der Waals surface area contributed by atoms with Gasteiger partial charge in [0.2, 0.25) is 0 Å². The van der Waals surface area contributed by atoms with E-state index in [-0.39, 0.29) is 0 Å². The van der Waals surface area contributed by atoms with Crippen LogP contribution in [0.1, 0.15) is 46.5 Å². The van der Waals surface area contributed by atoms with Crippen LogP contribution in [-0.4, -0.2) is 49.6 Å². The molecule has 0 radical (unpaired) electrons. The minimum absolute atomic E-state index is 0.801. The second kappa shape index (κ2) is 9.17. The molecular weight excluding hydrogens is 184 g/mol. The van der Waals surface area contributed by atoms with Gasteiger partial charge in [-0.05, 0) is 33.5 Å². The van der Waals surface area contributed by atoms with Gasteiger partial charge in [0.15, 0.2) is 0 Å². The molecule has 1 unspecified atom stereocenters. The molecule has 0 rings (SSSR count). The molecule has 0 aromatic rings. The van der Waals surface area contributed by atoms with Crippen molar-refractivity contribution < 1.29 is 0 Å². The molecule has 0 bridgehead atoms. The Morgan fingerprint density at radius 3 is 2.07 bits per heavy atom. The molecule has 0 amide bonds. The Morgan fingerprint density at radius 1 is 1.00 bits per heavy atom. The number of unbranched alkanes of at least 4 members (excludes halogenated alkanes) is 1. The number of nitrogens with zero attached hydrogens (tertiary/aromatic N) is 2. The maximum Gasteiger partial charge on any atom is 0.0112 e. The van der Waals surface area contributed by atoms with E-state index in [0.29, 0.717) is 0 Å². The van der Waals surface area contributed by atoms with Crippen molar-refractivity contribution in [2.24, 2.45) is 0 Å². The summed E-state index contributed by atoms with van der Waals surface area (Å²) in [7, 11) is 4.31. The van der Waals surface area contributed by atoms with Gasteiger partial charge < -0.3 is 4.90 Å². The Bertz CT molecular complexity index is 134. The van der Waals surface area contributed by atoms with Crippen LogP contribution in [0, 0.1) is 0 Å². The maximum absolute atomic E-state index is 2.63. The molecule has 2 heteroatoms. The van der Waals surface area contributed by atoms with Crippen molar-refractivity contribution in [3.05, 3.63) is 0 Å². The molecule has 0 aromatic carbocycles. The minimum Gasteiger partial charge on any atom is -0.308 e. The Morgan fingerprint density at radius 2 is 1.67 bits per heavy atom. The zero-order valence-electron chi connectivity index (χ0n) is 11.4. The fourth-order valence-electron chi connectivity index (χ4n) is 2.01. The van der Waals surface area contributed by atoms with Crippen LogP contribution in [0.15, 0.2) is 0 Å². The van der Waals surface area contributed by atoms with Crippen molar-refractivity contribution in [1.29, 1.82) is 0 Å². The zero-order valence-corrected chi connectivity index (χ0v) is 11.4. The van der Waals surface area contributed by atoms with Crippen LogP contribution in [0.3, 0.4) is 0 Å². The molecule has 0 saturated carbocycles. The van der Waals surface area contributed by atoms with E-state index in [1.54, 1.807) is 0 Å². The van der Waals surface area contributed by atoms with Crippen molar-refractivity contribution in [2.45, 2.75) is 52.5 Å². The molecule has 0 spiro atoms. The van der Waals surface area contributed by atoms with E-state index in [9.17, 15) is 0 Å². The van der Waals surface area contributed by atoms with Crippen molar-refractivity contribution in [1.82, 2.24) is 9.80 Å². The van der Waals surface area contributed by atoms with E-state index in [0.717, 1.165) is 6.04 Å². The van der Waals surface area contributed by atoms with Gasteiger partial charge in [0.1, 0.15) is 0 Å². The average molecular weight is 214 g/mol. The van der Waals surface area contributed by atoms with E-state index in [1.165, 1.54) is 45.3 Å². The summed E-state index contributed by atoms with van der Waals surface area (Å²) in [5.74, 6) is 0. The standard InChI is InChI=1S/C13H30N2/c1-6-9-10-13(7-2)15(8-3)12-11-14(4)5/h13H,6-12H2,1-5H3. The molecule has 2 nitrogen and oxygen atoms in total. The predicted molar refractivity (Wildman–Crippen MR) is 69.4 cm³/mol. The number of hydrogen-bond acceptors (Lipinski definition) is 2. The molecule has 1 atom stereocenters. The molecule has 0 aliphatic carbocycles. The van der Waals surface area contributed by atoms with Gasteiger partial charge in [0.25, 0.3) is 0 Å². The Balaban J connectivity index is 3.96. The third-order valence-electron chi connectivity index (χ3n) is 3.12. The van der Waals surface area contributed by atoms with Gasteiger partial charge in [-0.25, -0.2) is 0 Å². The molecular formula is C13H30N2. The minimum atomic E-state index is 0.801. The van der Waals surface area contributed by atoms with Gasteiger partial charge in [-0.15, -0.1) is 0 Å². The van der Waals surface area contributed by atoms with Gasteiger partial charge in [0.05, 0.1) is 0 Å². The van der Waals surface area contributed by atoms with Gasteiger partial charge in [-0.2, -0.15) is 0 Å². The first kappa shape index (κ1) is 14.9. The van der Waals surface area contributed by atoms with Crippen molar-refractivity contribution >= 4 is 0 Å². The van der Waals surface area contributed by atoms with Crippen LogP contribution in [0.4, 0.5) is 0 Å². The molecule has 0 aliphatic heterocycles. The summed E-state index contributed by atoms with van der Waals surface area (Å²) in [6, 6.07) is 0.801. The van der Waals surface area contributed by atoms with Crippen LogP contribution < -0.4 is 0 Å². The summed E-state index contributed by atoms with van der Waals surface area (Å²) >= 11 is 0. The van der Waals surface area contributed by atoms with Crippen molar-refractivity contribution in [2.75, 3.05) is 33.7 Å². The van der Waals surface area contributed by atoms with E-state index in [1.807, 2.05) is 0 Å². The fourth-order valence-corrected chi connectivity index (χ4v) is 2.01. The van der Waals surface area contributed by atoms with Gasteiger partial charge in [0, 0.05) is 19.1 Å². The summed E-state index contributed by atoms with van der Waals surface area (Å²) in [6.45, 7) is 10.5. The highest BCUT2D eigenvalue weighted by Crippen LogP contribution is 2.12. The first-order chi connectivity index (χ1) is 7.15. The van der Waals surface area contributed by atoms with Crippen LogP contribution >= 0.6 is 0 Å². The molecule has 0 N–H and O–H groups in total. The van der Waals surface area contributed by atoms with Crippen LogP contribution in [-0.2, 0) is 0 Å². The first-order valence-electron chi connectivity index (χ1n) is 6.54. The highest BCUT2D eigenvalue weighted by molar-refractivity contribution is 4.70. The van der Waals surface area contributed by atoms with Gasteiger partial charge >= 0.3 is 0 Å². The molecule has 15 heavy (non-hydrogen) atoms. The lowest BCUT2D eigenvalue weighted by Gasteiger charge is -2.31. The van der Waals surface area contributed by atoms with Crippen LogP contribution in [0.5, 0.6) is 0 Å². The summed E-state index contributed by atoms with van der Waals surface area (Å²) in [5.41, 5.74) is 0. The lowest BCUT2D eigenvalue weighted by atomic mass is 10.1. The summed E-state index contributed by atoms with van der Waals surface area (Å²) in [5, 5.41) is 0. The topological polar surface area (TPSA) is 6.48 Å². The third-order valence-corrected chi connectivity index (χ3v) is 3.12. The zero-order chi connectivity index (χ0) is 11.7. The molecule has 0 aromatic heterocycles. The molecule has 0 saturated heterocycles. The monoisotopic (exact) mass is 214 g/mol. The summed E-state index contributed by atoms with van der Waals surface area (Å²) < 4.78 is 0. The fraction of sp³-hybridized carbons (Fsp3) is 1.00. The van der Waals surface area contributed by atoms with E-state index in [4.69, 9.17) is 0 Å². The number of rotatable bonds is 9. The van der Waals surface area contributed by atoms with E-state index < -0.39 is 0 Å². The van der Waals surface area contributed by atoms with E-state index in [2.05, 4.69) is 44.7 Å². The van der Waals surface area contributed by atoms with Gasteiger partial charge in [-0.3, -0.25) is 4.90 Å². The molecule has 0 fully saturated rings. The molecule has 92 valence electrons. The van der Waals surface area contributed by atoms with Crippen LogP contribution in [0.2, 0.25) is 0 Å². The quantitative estimate of drug-likeness (QED) is 0.582. The lowest BCUT2D eigenvalue weighted by Crippen LogP contribution is -2.39. The summed E-state index contributed by atoms with van der Waals surface area (Å²) in [6.07, 6.45) is 5.36. The highest BCUT2D eigenvalue weighted by atomic mass is 15.2. The largest absolute Gasteiger partial charge is 0.308 e.